The molecule has 1 aliphatic heterocycles. The van der Waals surface area contributed by atoms with Crippen LogP contribution in [0.4, 0.5) is 0 Å². The second-order valence-electron chi connectivity index (χ2n) is 9.52. The number of carbonyl (C=O) groups is 3. The van der Waals surface area contributed by atoms with Gasteiger partial charge in [0, 0.05) is 60.5 Å². The molecule has 0 N–H and O–H groups in total. The molecule has 11 heteroatoms. The Morgan fingerprint density at radius 1 is 0.975 bits per heavy atom. The molecule has 40 heavy (non-hydrogen) atoms. The molecule has 212 valence electrons. The van der Waals surface area contributed by atoms with Crippen LogP contribution in [0, 0.1) is 0 Å². The molecule has 1 saturated heterocycles. The predicted molar refractivity (Wildman–Crippen MR) is 155 cm³/mol. The SMILES string of the molecule is CCOC(=O)CCC(=O)N1CCN(C(=O)CCCSc2nnc(-c3ccc(Cl)cc3)n2-c2ccccc2)CC1C. The van der Waals surface area contributed by atoms with Crippen LogP contribution in [0.15, 0.2) is 59.8 Å². The third-order valence-corrected chi connectivity index (χ3v) is 7.93. The maximum Gasteiger partial charge on any atom is 0.306 e. The Morgan fingerprint density at radius 3 is 2.42 bits per heavy atom. The number of ether oxygens (including phenoxy) is 1. The second-order valence-corrected chi connectivity index (χ2v) is 11.0. The van der Waals surface area contributed by atoms with Gasteiger partial charge >= 0.3 is 5.97 Å². The molecule has 1 aromatic heterocycles. The lowest BCUT2D eigenvalue weighted by Crippen LogP contribution is -2.55. The molecule has 1 unspecified atom stereocenters. The van der Waals surface area contributed by atoms with Gasteiger partial charge in [-0.15, -0.1) is 10.2 Å². The average molecular weight is 584 g/mol. The number of hydrogen-bond donors (Lipinski definition) is 0. The molecule has 3 aromatic rings. The van der Waals surface area contributed by atoms with E-state index in [1.807, 2.05) is 71.0 Å². The Kier molecular flexibility index (Phi) is 10.6. The van der Waals surface area contributed by atoms with Crippen molar-refractivity contribution < 1.29 is 19.1 Å². The first-order chi connectivity index (χ1) is 19.4. The van der Waals surface area contributed by atoms with Gasteiger partial charge in [-0.3, -0.25) is 19.0 Å². The number of piperazine rings is 1. The fraction of sp³-hybridized carbons (Fsp3) is 0.414. The van der Waals surface area contributed by atoms with Crippen LogP contribution in [-0.4, -0.2) is 80.4 Å². The van der Waals surface area contributed by atoms with Gasteiger partial charge < -0.3 is 14.5 Å². The number of para-hydroxylation sites is 1. The topological polar surface area (TPSA) is 97.6 Å². The largest absolute Gasteiger partial charge is 0.466 e. The standard InChI is InChI=1S/C29H34ClN5O4S/c1-3-39-27(38)16-15-26(37)34-18-17-33(20-21(34)2)25(36)10-7-19-40-29-32-31-28(22-11-13-23(30)14-12-22)35(29)24-8-5-4-6-9-24/h4-6,8-9,11-14,21H,3,7,10,15-20H2,1-2H3. The van der Waals surface area contributed by atoms with Crippen molar-refractivity contribution in [3.8, 4) is 17.1 Å². The van der Waals surface area contributed by atoms with Gasteiger partial charge in [0.1, 0.15) is 0 Å². The Hall–Kier alpha value is -3.37. The van der Waals surface area contributed by atoms with Crippen LogP contribution in [0.3, 0.4) is 0 Å². The molecule has 0 saturated carbocycles. The highest BCUT2D eigenvalue weighted by Gasteiger charge is 2.29. The molecule has 9 nitrogen and oxygen atoms in total. The van der Waals surface area contributed by atoms with Crippen molar-refractivity contribution >= 4 is 41.1 Å². The first-order valence-electron chi connectivity index (χ1n) is 13.5. The molecule has 1 atom stereocenters. The smallest absolute Gasteiger partial charge is 0.306 e. The number of amides is 2. The number of esters is 1. The number of rotatable bonds is 11. The van der Waals surface area contributed by atoms with Crippen molar-refractivity contribution in [2.45, 2.75) is 50.7 Å². The van der Waals surface area contributed by atoms with Gasteiger partial charge in [0.2, 0.25) is 11.8 Å². The minimum atomic E-state index is -0.363. The van der Waals surface area contributed by atoms with Gasteiger partial charge in [-0.25, -0.2) is 0 Å². The Bertz CT molecular complexity index is 1300. The number of halogens is 1. The number of nitrogens with zero attached hydrogens (tertiary/aromatic N) is 5. The van der Waals surface area contributed by atoms with E-state index in [4.69, 9.17) is 16.3 Å². The van der Waals surface area contributed by atoms with E-state index in [1.54, 1.807) is 23.6 Å². The van der Waals surface area contributed by atoms with E-state index in [0.29, 0.717) is 49.9 Å². The third-order valence-electron chi connectivity index (χ3n) is 6.67. The normalized spacial score (nSPS) is 15.2. The summed E-state index contributed by atoms with van der Waals surface area (Å²) in [7, 11) is 0. The zero-order valence-corrected chi connectivity index (χ0v) is 24.4. The fourth-order valence-corrected chi connectivity index (χ4v) is 5.66. The number of aromatic nitrogens is 3. The summed E-state index contributed by atoms with van der Waals surface area (Å²) < 4.78 is 6.93. The first kappa shape index (κ1) is 29.6. The van der Waals surface area contributed by atoms with Crippen LogP contribution < -0.4 is 0 Å². The van der Waals surface area contributed by atoms with E-state index in [-0.39, 0.29) is 36.7 Å². The number of hydrogen-bond acceptors (Lipinski definition) is 7. The van der Waals surface area contributed by atoms with E-state index < -0.39 is 0 Å². The molecular weight excluding hydrogens is 550 g/mol. The third kappa shape index (κ3) is 7.63. The Morgan fingerprint density at radius 2 is 1.73 bits per heavy atom. The van der Waals surface area contributed by atoms with Crippen LogP contribution in [0.1, 0.15) is 39.5 Å². The average Bonchev–Trinajstić information content (AvgIpc) is 3.38. The molecule has 0 spiro atoms. The van der Waals surface area contributed by atoms with Gasteiger partial charge in [-0.1, -0.05) is 41.6 Å². The summed E-state index contributed by atoms with van der Waals surface area (Å²) in [5.74, 6) is 1.07. The molecule has 0 bridgehead atoms. The van der Waals surface area contributed by atoms with Crippen molar-refractivity contribution in [3.63, 3.8) is 0 Å². The predicted octanol–water partition coefficient (Wildman–Crippen LogP) is 4.86. The summed E-state index contributed by atoms with van der Waals surface area (Å²) in [5.41, 5.74) is 1.87. The van der Waals surface area contributed by atoms with Crippen molar-refractivity contribution in [1.82, 2.24) is 24.6 Å². The molecule has 1 fully saturated rings. The summed E-state index contributed by atoms with van der Waals surface area (Å²) >= 11 is 7.65. The van der Waals surface area contributed by atoms with E-state index in [1.165, 1.54) is 0 Å². The summed E-state index contributed by atoms with van der Waals surface area (Å²) in [6.07, 6.45) is 1.31. The van der Waals surface area contributed by atoms with Crippen molar-refractivity contribution in [1.29, 1.82) is 0 Å². The van der Waals surface area contributed by atoms with Crippen molar-refractivity contribution in [3.05, 3.63) is 59.6 Å². The van der Waals surface area contributed by atoms with Crippen LogP contribution in [0.2, 0.25) is 5.02 Å². The van der Waals surface area contributed by atoms with Crippen LogP contribution >= 0.6 is 23.4 Å². The molecular formula is C29H34ClN5O4S. The highest BCUT2D eigenvalue weighted by molar-refractivity contribution is 7.99. The second kappa shape index (κ2) is 14.3. The van der Waals surface area contributed by atoms with E-state index in [2.05, 4.69) is 10.2 Å². The monoisotopic (exact) mass is 583 g/mol. The minimum Gasteiger partial charge on any atom is -0.466 e. The molecule has 2 heterocycles. The van der Waals surface area contributed by atoms with E-state index in [9.17, 15) is 14.4 Å². The minimum absolute atomic E-state index is 0.0788. The summed E-state index contributed by atoms with van der Waals surface area (Å²) in [6, 6.07) is 17.4. The lowest BCUT2D eigenvalue weighted by Gasteiger charge is -2.40. The number of thioether (sulfide) groups is 1. The summed E-state index contributed by atoms with van der Waals surface area (Å²) in [6.45, 7) is 5.44. The molecule has 2 amide bonds. The van der Waals surface area contributed by atoms with Gasteiger partial charge in [-0.05, 0) is 56.7 Å². The zero-order valence-electron chi connectivity index (χ0n) is 22.8. The highest BCUT2D eigenvalue weighted by Crippen LogP contribution is 2.29. The molecule has 0 aliphatic carbocycles. The molecule has 4 rings (SSSR count). The Balaban J connectivity index is 1.29. The lowest BCUT2D eigenvalue weighted by atomic mass is 10.1. The van der Waals surface area contributed by atoms with Gasteiger partial charge in [0.05, 0.1) is 13.0 Å². The first-order valence-corrected chi connectivity index (χ1v) is 14.9. The number of benzene rings is 2. The molecule has 0 radical (unpaired) electrons. The summed E-state index contributed by atoms with van der Waals surface area (Å²) in [5, 5.41) is 10.3. The number of carbonyl (C=O) groups excluding carboxylic acids is 3. The summed E-state index contributed by atoms with van der Waals surface area (Å²) in [4.78, 5) is 40.7. The lowest BCUT2D eigenvalue weighted by molar-refractivity contribution is -0.147. The maximum absolute atomic E-state index is 12.9. The van der Waals surface area contributed by atoms with Crippen LogP contribution in [0.5, 0.6) is 0 Å². The van der Waals surface area contributed by atoms with Crippen LogP contribution in [-0.2, 0) is 19.1 Å². The quantitative estimate of drug-likeness (QED) is 0.181. The van der Waals surface area contributed by atoms with Crippen molar-refractivity contribution in [2.75, 3.05) is 32.0 Å². The zero-order chi connectivity index (χ0) is 28.5. The van der Waals surface area contributed by atoms with Gasteiger partial charge in [-0.2, -0.15) is 0 Å². The van der Waals surface area contributed by atoms with E-state index >= 15 is 0 Å². The van der Waals surface area contributed by atoms with Gasteiger partial charge in [0.15, 0.2) is 11.0 Å². The maximum atomic E-state index is 12.9. The van der Waals surface area contributed by atoms with E-state index in [0.717, 1.165) is 22.2 Å². The molecule has 2 aromatic carbocycles. The highest BCUT2D eigenvalue weighted by atomic mass is 35.5. The Labute approximate surface area is 243 Å². The molecule has 1 aliphatic rings. The van der Waals surface area contributed by atoms with Gasteiger partial charge in [0.25, 0.3) is 0 Å². The van der Waals surface area contributed by atoms with Crippen molar-refractivity contribution in [2.24, 2.45) is 0 Å². The fourth-order valence-electron chi connectivity index (χ4n) is 4.64. The van der Waals surface area contributed by atoms with Crippen LogP contribution in [0.25, 0.3) is 17.1 Å².